The van der Waals surface area contributed by atoms with E-state index in [-0.39, 0.29) is 18.0 Å². The van der Waals surface area contributed by atoms with Crippen molar-refractivity contribution in [1.82, 2.24) is 4.98 Å². The summed E-state index contributed by atoms with van der Waals surface area (Å²) in [5, 5.41) is 23.6. The molecule has 6 nitrogen and oxygen atoms in total. The average molecular weight is 273 g/mol. The van der Waals surface area contributed by atoms with Crippen LogP contribution in [0.2, 0.25) is 0 Å². The van der Waals surface area contributed by atoms with Crippen LogP contribution in [0.1, 0.15) is 17.0 Å². The van der Waals surface area contributed by atoms with Crippen LogP contribution >= 0.6 is 0 Å². The SMILES string of the molecule is Cc1ccc(NCc2nc(C)ccc2O)c([N+](=O)[O-])c1. The molecule has 0 fully saturated rings. The van der Waals surface area contributed by atoms with E-state index in [1.54, 1.807) is 31.2 Å². The summed E-state index contributed by atoms with van der Waals surface area (Å²) in [5.41, 5.74) is 2.47. The van der Waals surface area contributed by atoms with Crippen LogP contribution in [0, 0.1) is 24.0 Å². The second kappa shape index (κ2) is 5.56. The third-order valence-corrected chi connectivity index (χ3v) is 2.89. The van der Waals surface area contributed by atoms with Gasteiger partial charge in [0.2, 0.25) is 0 Å². The van der Waals surface area contributed by atoms with Crippen LogP contribution in [-0.4, -0.2) is 15.0 Å². The monoisotopic (exact) mass is 273 g/mol. The van der Waals surface area contributed by atoms with Crippen LogP contribution < -0.4 is 5.32 Å². The summed E-state index contributed by atoms with van der Waals surface area (Å²) in [6.07, 6.45) is 0. The molecule has 2 N–H and O–H groups in total. The Kier molecular flexibility index (Phi) is 3.84. The molecule has 20 heavy (non-hydrogen) atoms. The molecule has 6 heteroatoms. The average Bonchev–Trinajstić information content (AvgIpc) is 2.40. The summed E-state index contributed by atoms with van der Waals surface area (Å²) < 4.78 is 0. The Morgan fingerprint density at radius 2 is 2.05 bits per heavy atom. The molecular weight excluding hydrogens is 258 g/mol. The van der Waals surface area contributed by atoms with E-state index in [1.807, 2.05) is 6.92 Å². The fourth-order valence-corrected chi connectivity index (χ4v) is 1.85. The topological polar surface area (TPSA) is 88.3 Å². The number of anilines is 1. The van der Waals surface area contributed by atoms with Crippen molar-refractivity contribution < 1.29 is 10.0 Å². The molecule has 0 saturated carbocycles. The highest BCUT2D eigenvalue weighted by Gasteiger charge is 2.14. The number of pyridine rings is 1. The Hall–Kier alpha value is -2.63. The first-order chi connectivity index (χ1) is 9.47. The van der Waals surface area contributed by atoms with E-state index >= 15 is 0 Å². The number of aromatic nitrogens is 1. The van der Waals surface area contributed by atoms with Gasteiger partial charge in [0.1, 0.15) is 17.1 Å². The van der Waals surface area contributed by atoms with Crippen LogP contribution in [0.25, 0.3) is 0 Å². The molecule has 0 aliphatic carbocycles. The van der Waals surface area contributed by atoms with Crippen LogP contribution in [0.4, 0.5) is 11.4 Å². The molecule has 0 radical (unpaired) electrons. The van der Waals surface area contributed by atoms with Gasteiger partial charge in [0.25, 0.3) is 5.69 Å². The van der Waals surface area contributed by atoms with Crippen LogP contribution in [0.3, 0.4) is 0 Å². The fraction of sp³-hybridized carbons (Fsp3) is 0.214. The van der Waals surface area contributed by atoms with Crippen molar-refractivity contribution in [1.29, 1.82) is 0 Å². The molecule has 2 rings (SSSR count). The Labute approximate surface area is 116 Å². The third kappa shape index (κ3) is 3.03. The first kappa shape index (κ1) is 13.8. The number of benzene rings is 1. The van der Waals surface area contributed by atoms with Gasteiger partial charge in [-0.05, 0) is 37.6 Å². The first-order valence-electron chi connectivity index (χ1n) is 6.12. The second-order valence-electron chi connectivity index (χ2n) is 4.55. The minimum absolute atomic E-state index is 0.0112. The molecule has 1 heterocycles. The number of nitro benzene ring substituents is 1. The lowest BCUT2D eigenvalue weighted by atomic mass is 10.2. The standard InChI is InChI=1S/C14H15N3O3/c1-9-3-5-11(13(7-9)17(19)20)15-8-12-14(18)6-4-10(2)16-12/h3-7,15,18H,8H2,1-2H3. The summed E-state index contributed by atoms with van der Waals surface area (Å²) in [4.78, 5) is 14.8. The maximum atomic E-state index is 11.0. The van der Waals surface area contributed by atoms with E-state index in [9.17, 15) is 15.2 Å². The lowest BCUT2D eigenvalue weighted by Crippen LogP contribution is -2.05. The Bertz CT molecular complexity index is 656. The molecule has 2 aromatic rings. The zero-order chi connectivity index (χ0) is 14.7. The van der Waals surface area contributed by atoms with Gasteiger partial charge in [-0.2, -0.15) is 0 Å². The molecule has 0 spiro atoms. The lowest BCUT2D eigenvalue weighted by Gasteiger charge is -2.09. The van der Waals surface area contributed by atoms with Crippen LogP contribution in [-0.2, 0) is 6.54 Å². The molecule has 0 bridgehead atoms. The third-order valence-electron chi connectivity index (χ3n) is 2.89. The minimum atomic E-state index is -0.432. The van der Waals surface area contributed by atoms with Gasteiger partial charge in [-0.3, -0.25) is 15.1 Å². The number of aromatic hydroxyl groups is 1. The molecule has 0 unspecified atom stereocenters. The van der Waals surface area contributed by atoms with E-state index in [4.69, 9.17) is 0 Å². The fourth-order valence-electron chi connectivity index (χ4n) is 1.85. The smallest absolute Gasteiger partial charge is 0.292 e. The quantitative estimate of drug-likeness (QED) is 0.660. The largest absolute Gasteiger partial charge is 0.506 e. The van der Waals surface area contributed by atoms with Crippen molar-refractivity contribution in [3.8, 4) is 5.75 Å². The molecule has 0 saturated heterocycles. The Morgan fingerprint density at radius 1 is 1.30 bits per heavy atom. The molecule has 1 aromatic heterocycles. The van der Waals surface area contributed by atoms with E-state index < -0.39 is 4.92 Å². The molecule has 0 amide bonds. The van der Waals surface area contributed by atoms with E-state index in [0.29, 0.717) is 11.4 Å². The molecule has 0 aliphatic heterocycles. The first-order valence-corrected chi connectivity index (χ1v) is 6.12. The minimum Gasteiger partial charge on any atom is -0.506 e. The number of rotatable bonds is 4. The summed E-state index contributed by atoms with van der Waals surface area (Å²) in [7, 11) is 0. The van der Waals surface area contributed by atoms with Crippen molar-refractivity contribution in [2.24, 2.45) is 0 Å². The maximum absolute atomic E-state index is 11.0. The van der Waals surface area contributed by atoms with Crippen molar-refractivity contribution in [2.45, 2.75) is 20.4 Å². The van der Waals surface area contributed by atoms with Crippen molar-refractivity contribution >= 4 is 11.4 Å². The predicted molar refractivity (Wildman–Crippen MR) is 75.8 cm³/mol. The highest BCUT2D eigenvalue weighted by atomic mass is 16.6. The van der Waals surface area contributed by atoms with Crippen molar-refractivity contribution in [3.63, 3.8) is 0 Å². The van der Waals surface area contributed by atoms with Gasteiger partial charge < -0.3 is 10.4 Å². The van der Waals surface area contributed by atoms with Gasteiger partial charge in [0, 0.05) is 11.8 Å². The van der Waals surface area contributed by atoms with Gasteiger partial charge in [0.05, 0.1) is 11.5 Å². The summed E-state index contributed by atoms with van der Waals surface area (Å²) in [6, 6.07) is 8.21. The van der Waals surface area contributed by atoms with Crippen LogP contribution in [0.5, 0.6) is 5.75 Å². The van der Waals surface area contributed by atoms with Gasteiger partial charge in [-0.15, -0.1) is 0 Å². The molecule has 104 valence electrons. The van der Waals surface area contributed by atoms with Crippen LogP contribution in [0.15, 0.2) is 30.3 Å². The van der Waals surface area contributed by atoms with Gasteiger partial charge >= 0.3 is 0 Å². The van der Waals surface area contributed by atoms with E-state index in [1.165, 1.54) is 6.07 Å². The summed E-state index contributed by atoms with van der Waals surface area (Å²) in [5.74, 6) is 0.0675. The molecule has 0 aliphatic rings. The summed E-state index contributed by atoms with van der Waals surface area (Å²) >= 11 is 0. The number of aryl methyl sites for hydroxylation is 2. The van der Waals surface area contributed by atoms with Gasteiger partial charge in [-0.25, -0.2) is 0 Å². The highest BCUT2D eigenvalue weighted by Crippen LogP contribution is 2.26. The molecule has 1 aromatic carbocycles. The molecule has 0 atom stereocenters. The Morgan fingerprint density at radius 3 is 2.75 bits per heavy atom. The van der Waals surface area contributed by atoms with Crippen molar-refractivity contribution in [2.75, 3.05) is 5.32 Å². The second-order valence-corrected chi connectivity index (χ2v) is 4.55. The number of nitrogens with zero attached hydrogens (tertiary/aromatic N) is 2. The zero-order valence-electron chi connectivity index (χ0n) is 11.3. The van der Waals surface area contributed by atoms with E-state index in [2.05, 4.69) is 10.3 Å². The lowest BCUT2D eigenvalue weighted by molar-refractivity contribution is -0.384. The predicted octanol–water partition coefficient (Wildman–Crippen LogP) is 2.92. The Balaban J connectivity index is 2.23. The highest BCUT2D eigenvalue weighted by molar-refractivity contribution is 5.62. The number of nitrogens with one attached hydrogen (secondary N) is 1. The number of hydrogen-bond donors (Lipinski definition) is 2. The number of hydrogen-bond acceptors (Lipinski definition) is 5. The van der Waals surface area contributed by atoms with E-state index in [0.717, 1.165) is 11.3 Å². The van der Waals surface area contributed by atoms with Crippen molar-refractivity contribution in [3.05, 3.63) is 57.4 Å². The maximum Gasteiger partial charge on any atom is 0.292 e. The number of nitro groups is 1. The zero-order valence-corrected chi connectivity index (χ0v) is 11.3. The summed E-state index contributed by atoms with van der Waals surface area (Å²) in [6.45, 7) is 3.83. The molecular formula is C14H15N3O3. The van der Waals surface area contributed by atoms with Gasteiger partial charge in [0.15, 0.2) is 0 Å². The normalized spacial score (nSPS) is 10.3. The van der Waals surface area contributed by atoms with Gasteiger partial charge in [-0.1, -0.05) is 6.07 Å².